The summed E-state index contributed by atoms with van der Waals surface area (Å²) < 4.78 is 1.76. The van der Waals surface area contributed by atoms with Crippen LogP contribution in [0.15, 0.2) is 77.6 Å². The third kappa shape index (κ3) is 3.39. The molecular weight excluding hydrogens is 334 g/mol. The van der Waals surface area contributed by atoms with E-state index in [1.807, 2.05) is 79.7 Å². The molecule has 4 nitrogen and oxygen atoms in total. The van der Waals surface area contributed by atoms with Crippen molar-refractivity contribution in [2.45, 2.75) is 20.0 Å². The van der Waals surface area contributed by atoms with Gasteiger partial charge in [-0.3, -0.25) is 9.36 Å². The molecule has 0 saturated carbocycles. The molecule has 0 radical (unpaired) electrons. The Morgan fingerprint density at radius 2 is 1.70 bits per heavy atom. The topological polar surface area (TPSA) is 60.9 Å². The minimum absolute atomic E-state index is 0.0271. The molecule has 0 aliphatic heterocycles. The van der Waals surface area contributed by atoms with E-state index in [4.69, 9.17) is 10.7 Å². The number of rotatable bonds is 4. The van der Waals surface area contributed by atoms with Gasteiger partial charge in [0.1, 0.15) is 5.82 Å². The lowest BCUT2D eigenvalue weighted by Crippen LogP contribution is -2.24. The predicted octanol–water partition coefficient (Wildman–Crippen LogP) is 3.88. The summed E-state index contributed by atoms with van der Waals surface area (Å²) in [6, 6.07) is 23.7. The highest BCUT2D eigenvalue weighted by Crippen LogP contribution is 2.20. The average Bonchev–Trinajstić information content (AvgIpc) is 2.71. The molecule has 0 fully saturated rings. The molecule has 4 aromatic rings. The van der Waals surface area contributed by atoms with E-state index in [1.54, 1.807) is 4.57 Å². The molecule has 2 N–H and O–H groups in total. The Labute approximate surface area is 157 Å². The van der Waals surface area contributed by atoms with Gasteiger partial charge in [0.2, 0.25) is 0 Å². The molecule has 1 heterocycles. The number of aromatic nitrogens is 2. The summed E-state index contributed by atoms with van der Waals surface area (Å²) in [5.41, 5.74) is 10.5. The van der Waals surface area contributed by atoms with Crippen molar-refractivity contribution in [2.24, 2.45) is 5.73 Å². The third-order valence-electron chi connectivity index (χ3n) is 4.71. The van der Waals surface area contributed by atoms with Gasteiger partial charge in [-0.2, -0.15) is 0 Å². The molecular formula is C23H21N3O. The highest BCUT2D eigenvalue weighted by molar-refractivity contribution is 5.80. The van der Waals surface area contributed by atoms with E-state index < -0.39 is 0 Å². The van der Waals surface area contributed by atoms with Gasteiger partial charge in [-0.15, -0.1) is 0 Å². The molecule has 0 saturated heterocycles. The van der Waals surface area contributed by atoms with Crippen molar-refractivity contribution >= 4 is 10.9 Å². The first-order valence-electron chi connectivity index (χ1n) is 9.00. The number of aryl methyl sites for hydroxylation is 1. The van der Waals surface area contributed by atoms with Gasteiger partial charge in [0, 0.05) is 12.1 Å². The van der Waals surface area contributed by atoms with E-state index in [-0.39, 0.29) is 5.56 Å². The number of fused-ring (bicyclic) bond motifs is 1. The fourth-order valence-corrected chi connectivity index (χ4v) is 3.33. The highest BCUT2D eigenvalue weighted by atomic mass is 16.1. The summed E-state index contributed by atoms with van der Waals surface area (Å²) in [4.78, 5) is 18.2. The molecule has 4 heteroatoms. The Bertz CT molecular complexity index is 1160. The van der Waals surface area contributed by atoms with Crippen LogP contribution in [-0.4, -0.2) is 9.55 Å². The molecule has 0 spiro atoms. The van der Waals surface area contributed by atoms with E-state index in [2.05, 4.69) is 0 Å². The van der Waals surface area contributed by atoms with Crippen LogP contribution in [0.5, 0.6) is 0 Å². The van der Waals surface area contributed by atoms with Crippen molar-refractivity contribution in [1.82, 2.24) is 9.55 Å². The van der Waals surface area contributed by atoms with Crippen LogP contribution in [0.3, 0.4) is 0 Å². The van der Waals surface area contributed by atoms with Crippen LogP contribution in [0.1, 0.15) is 16.7 Å². The summed E-state index contributed by atoms with van der Waals surface area (Å²) in [6.07, 6.45) is 0. The maximum absolute atomic E-state index is 13.3. The fraction of sp³-hybridized carbons (Fsp3) is 0.130. The van der Waals surface area contributed by atoms with Crippen LogP contribution in [0.2, 0.25) is 0 Å². The Balaban J connectivity index is 1.95. The second kappa shape index (κ2) is 7.17. The lowest BCUT2D eigenvalue weighted by atomic mass is 10.1. The molecule has 0 unspecified atom stereocenters. The lowest BCUT2D eigenvalue weighted by Gasteiger charge is -2.15. The summed E-state index contributed by atoms with van der Waals surface area (Å²) in [5.74, 6) is 0.676. The average molecular weight is 355 g/mol. The first-order chi connectivity index (χ1) is 13.2. The zero-order valence-electron chi connectivity index (χ0n) is 15.2. The number of hydrogen-bond donors (Lipinski definition) is 1. The van der Waals surface area contributed by atoms with Crippen LogP contribution < -0.4 is 11.3 Å². The van der Waals surface area contributed by atoms with Crippen molar-refractivity contribution in [3.05, 3.63) is 99.8 Å². The Morgan fingerprint density at radius 1 is 0.926 bits per heavy atom. The van der Waals surface area contributed by atoms with E-state index in [9.17, 15) is 4.79 Å². The van der Waals surface area contributed by atoms with Gasteiger partial charge in [-0.1, -0.05) is 66.2 Å². The molecule has 0 aliphatic rings. The van der Waals surface area contributed by atoms with Crippen molar-refractivity contribution in [3.8, 4) is 11.4 Å². The molecule has 4 rings (SSSR count). The maximum atomic E-state index is 13.3. The molecule has 0 aliphatic carbocycles. The minimum atomic E-state index is -0.0271. The zero-order valence-corrected chi connectivity index (χ0v) is 15.2. The summed E-state index contributed by atoms with van der Waals surface area (Å²) in [7, 11) is 0. The molecule has 0 bridgehead atoms. The quantitative estimate of drug-likeness (QED) is 0.604. The largest absolute Gasteiger partial charge is 0.326 e. The Hall–Kier alpha value is -3.24. The van der Waals surface area contributed by atoms with Gasteiger partial charge in [-0.25, -0.2) is 4.98 Å². The summed E-state index contributed by atoms with van der Waals surface area (Å²) >= 11 is 0. The summed E-state index contributed by atoms with van der Waals surface area (Å²) in [5, 5.41) is 0.643. The molecule has 0 amide bonds. The second-order valence-corrected chi connectivity index (χ2v) is 6.74. The number of nitrogens with zero attached hydrogens (tertiary/aromatic N) is 2. The Morgan fingerprint density at radius 3 is 2.48 bits per heavy atom. The number of nitrogens with two attached hydrogens (primary N) is 1. The van der Waals surface area contributed by atoms with Crippen LogP contribution >= 0.6 is 0 Å². The first kappa shape index (κ1) is 17.2. The maximum Gasteiger partial charge on any atom is 0.261 e. The molecule has 3 aromatic carbocycles. The second-order valence-electron chi connectivity index (χ2n) is 6.74. The SMILES string of the molecule is Cc1ccc2nc(-c3ccccc3)n(Cc3cccc(CN)c3)c(=O)c2c1. The van der Waals surface area contributed by atoms with E-state index in [0.717, 1.165) is 27.8 Å². The van der Waals surface area contributed by atoms with Gasteiger partial charge in [0.25, 0.3) is 5.56 Å². The normalized spacial score (nSPS) is 11.0. The fourth-order valence-electron chi connectivity index (χ4n) is 3.33. The van der Waals surface area contributed by atoms with Crippen molar-refractivity contribution in [2.75, 3.05) is 0 Å². The molecule has 1 aromatic heterocycles. The van der Waals surface area contributed by atoms with E-state index >= 15 is 0 Å². The molecule has 0 atom stereocenters. The zero-order chi connectivity index (χ0) is 18.8. The smallest absolute Gasteiger partial charge is 0.261 e. The number of hydrogen-bond acceptors (Lipinski definition) is 3. The highest BCUT2D eigenvalue weighted by Gasteiger charge is 2.13. The van der Waals surface area contributed by atoms with Gasteiger partial charge < -0.3 is 5.73 Å². The monoisotopic (exact) mass is 355 g/mol. The van der Waals surface area contributed by atoms with Gasteiger partial charge in [0.15, 0.2) is 0 Å². The third-order valence-corrected chi connectivity index (χ3v) is 4.71. The van der Waals surface area contributed by atoms with Crippen LogP contribution in [0.25, 0.3) is 22.3 Å². The first-order valence-corrected chi connectivity index (χ1v) is 9.00. The lowest BCUT2D eigenvalue weighted by molar-refractivity contribution is 0.758. The van der Waals surface area contributed by atoms with Crippen molar-refractivity contribution in [3.63, 3.8) is 0 Å². The standard InChI is InChI=1S/C23H21N3O/c1-16-10-11-21-20(12-16)23(27)26(15-18-7-5-6-17(13-18)14-24)22(25-21)19-8-3-2-4-9-19/h2-13H,14-15,24H2,1H3. The van der Waals surface area contributed by atoms with Crippen molar-refractivity contribution in [1.29, 1.82) is 0 Å². The number of benzene rings is 3. The van der Waals surface area contributed by atoms with Gasteiger partial charge in [0.05, 0.1) is 17.4 Å². The van der Waals surface area contributed by atoms with Crippen LogP contribution in [-0.2, 0) is 13.1 Å². The summed E-state index contributed by atoms with van der Waals surface area (Å²) in [6.45, 7) is 2.91. The van der Waals surface area contributed by atoms with Crippen LogP contribution in [0.4, 0.5) is 0 Å². The van der Waals surface area contributed by atoms with Gasteiger partial charge >= 0.3 is 0 Å². The van der Waals surface area contributed by atoms with E-state index in [0.29, 0.717) is 24.3 Å². The molecule has 27 heavy (non-hydrogen) atoms. The predicted molar refractivity (Wildman–Crippen MR) is 110 cm³/mol. The van der Waals surface area contributed by atoms with Crippen LogP contribution in [0, 0.1) is 6.92 Å². The van der Waals surface area contributed by atoms with Crippen molar-refractivity contribution < 1.29 is 0 Å². The Kier molecular flexibility index (Phi) is 4.57. The van der Waals surface area contributed by atoms with Gasteiger partial charge in [-0.05, 0) is 30.2 Å². The molecule has 134 valence electrons. The minimum Gasteiger partial charge on any atom is -0.326 e. The van der Waals surface area contributed by atoms with E-state index in [1.165, 1.54) is 0 Å².